The summed E-state index contributed by atoms with van der Waals surface area (Å²) in [6.45, 7) is 2.70. The van der Waals surface area contributed by atoms with E-state index in [9.17, 15) is 0 Å². The normalized spacial score (nSPS) is 20.0. The van der Waals surface area contributed by atoms with Gasteiger partial charge in [-0.1, -0.05) is 0 Å². The van der Waals surface area contributed by atoms with Gasteiger partial charge in [0.15, 0.2) is 6.17 Å². The molecule has 1 aliphatic rings. The fourth-order valence-corrected chi connectivity index (χ4v) is 1.21. The van der Waals surface area contributed by atoms with Gasteiger partial charge in [0.05, 0.1) is 0 Å². The molecular weight excluding hydrogens is 183 g/mol. The molecule has 0 bridgehead atoms. The largest absolute Gasteiger partial charge is 0.343 e. The van der Waals surface area contributed by atoms with Crippen molar-refractivity contribution in [3.05, 3.63) is 11.9 Å². The smallest absolute Gasteiger partial charge is 0.192 e. The van der Waals surface area contributed by atoms with E-state index in [1.807, 2.05) is 17.9 Å². The van der Waals surface area contributed by atoms with Crippen LogP contribution in [0, 0.1) is 22.7 Å². The van der Waals surface area contributed by atoms with Gasteiger partial charge in [-0.2, -0.15) is 20.4 Å². The van der Waals surface area contributed by atoms with Crippen LogP contribution in [0.15, 0.2) is 11.9 Å². The Bertz CT molecular complexity index is 285. The van der Waals surface area contributed by atoms with Crippen molar-refractivity contribution in [3.63, 3.8) is 0 Å². The highest BCUT2D eigenvalue weighted by Gasteiger charge is 2.27. The van der Waals surface area contributed by atoms with Crippen molar-refractivity contribution in [1.82, 2.24) is 9.80 Å². The topological polar surface area (TPSA) is 54.1 Å². The molecule has 1 aliphatic heterocycles. The number of rotatable bonds is 1. The van der Waals surface area contributed by atoms with Crippen molar-refractivity contribution in [2.45, 2.75) is 13.1 Å². The quantitative estimate of drug-likeness (QED) is 0.574. The summed E-state index contributed by atoms with van der Waals surface area (Å²) >= 11 is 0. The second kappa shape index (κ2) is 4.70. The fourth-order valence-electron chi connectivity index (χ4n) is 1.21. The summed E-state index contributed by atoms with van der Waals surface area (Å²) in [6, 6.07) is 4.16. The predicted octanol–water partition coefficient (Wildman–Crippen LogP) is 0.526. The second-order valence-corrected chi connectivity index (χ2v) is 2.57. The summed E-state index contributed by atoms with van der Waals surface area (Å²) in [5.74, 6) is 0. The molecule has 0 fully saturated rings. The second-order valence-electron chi connectivity index (χ2n) is 2.57. The van der Waals surface area contributed by atoms with E-state index in [1.165, 1.54) is 0 Å². The molecular formula is C8H13N4P. The van der Waals surface area contributed by atoms with Gasteiger partial charge in [0.1, 0.15) is 17.8 Å². The number of nitrogens with zero attached hydrogens (tertiary/aromatic N) is 4. The Morgan fingerprint density at radius 2 is 2.15 bits per heavy atom. The van der Waals surface area contributed by atoms with E-state index < -0.39 is 0 Å². The first-order chi connectivity index (χ1) is 5.74. The molecule has 0 amide bonds. The third-order valence-electron chi connectivity index (χ3n) is 1.94. The van der Waals surface area contributed by atoms with Crippen molar-refractivity contribution >= 4 is 9.90 Å². The van der Waals surface area contributed by atoms with Crippen molar-refractivity contribution < 1.29 is 0 Å². The molecule has 2 atom stereocenters. The third-order valence-corrected chi connectivity index (χ3v) is 1.94. The summed E-state index contributed by atoms with van der Waals surface area (Å²) < 4.78 is 0. The molecule has 0 N–H and O–H groups in total. The van der Waals surface area contributed by atoms with Gasteiger partial charge in [-0.25, -0.2) is 0 Å². The summed E-state index contributed by atoms with van der Waals surface area (Å²) in [5, 5.41) is 17.4. The van der Waals surface area contributed by atoms with E-state index in [4.69, 9.17) is 10.5 Å². The lowest BCUT2D eigenvalue weighted by molar-refractivity contribution is 0.233. The molecule has 70 valence electrons. The van der Waals surface area contributed by atoms with Crippen LogP contribution in [0.25, 0.3) is 0 Å². The van der Waals surface area contributed by atoms with Crippen molar-refractivity contribution in [3.8, 4) is 12.1 Å². The molecule has 1 rings (SSSR count). The third kappa shape index (κ3) is 1.91. The predicted molar refractivity (Wildman–Crippen MR) is 54.3 cm³/mol. The van der Waals surface area contributed by atoms with Crippen LogP contribution in [0.5, 0.6) is 0 Å². The van der Waals surface area contributed by atoms with Gasteiger partial charge < -0.3 is 9.80 Å². The van der Waals surface area contributed by atoms with Gasteiger partial charge in [-0.05, 0) is 6.92 Å². The van der Waals surface area contributed by atoms with Gasteiger partial charge in [0, 0.05) is 19.8 Å². The standard InChI is InChI=1S/C8H10N4.H3P/c1-3-12-6-7(4-9)11(2)8(12)5-10;/h6,8H,3H2,1-2H3;1H3. The maximum absolute atomic E-state index is 8.78. The van der Waals surface area contributed by atoms with Gasteiger partial charge in [0.2, 0.25) is 0 Å². The molecule has 4 nitrogen and oxygen atoms in total. The van der Waals surface area contributed by atoms with E-state index in [1.54, 1.807) is 18.1 Å². The van der Waals surface area contributed by atoms with Gasteiger partial charge >= 0.3 is 0 Å². The number of allylic oxidation sites excluding steroid dienone is 1. The van der Waals surface area contributed by atoms with Crippen LogP contribution in [-0.4, -0.2) is 29.6 Å². The zero-order valence-electron chi connectivity index (χ0n) is 7.86. The molecule has 5 heteroatoms. The van der Waals surface area contributed by atoms with E-state index >= 15 is 0 Å². The Hall–Kier alpha value is -1.25. The molecule has 0 radical (unpaired) electrons. The molecule has 0 aliphatic carbocycles. The van der Waals surface area contributed by atoms with Crippen LogP contribution in [-0.2, 0) is 0 Å². The summed E-state index contributed by atoms with van der Waals surface area (Å²) in [7, 11) is 1.75. The lowest BCUT2D eigenvalue weighted by atomic mass is 10.4. The zero-order chi connectivity index (χ0) is 9.14. The molecule has 0 saturated heterocycles. The molecule has 1 heterocycles. The fraction of sp³-hybridized carbons (Fsp3) is 0.500. The molecule has 0 saturated carbocycles. The Kier molecular flexibility index (Phi) is 4.25. The maximum atomic E-state index is 8.78. The Morgan fingerprint density at radius 3 is 2.46 bits per heavy atom. The minimum atomic E-state index is -0.315. The van der Waals surface area contributed by atoms with Crippen molar-refractivity contribution in [2.75, 3.05) is 13.6 Å². The molecule has 2 unspecified atom stereocenters. The highest BCUT2D eigenvalue weighted by Crippen LogP contribution is 2.18. The van der Waals surface area contributed by atoms with Gasteiger partial charge in [0.25, 0.3) is 0 Å². The van der Waals surface area contributed by atoms with Crippen molar-refractivity contribution in [2.24, 2.45) is 0 Å². The minimum absolute atomic E-state index is 0. The molecule has 0 aromatic heterocycles. The number of hydrogen-bond donors (Lipinski definition) is 0. The maximum Gasteiger partial charge on any atom is 0.192 e. The Labute approximate surface area is 81.7 Å². The van der Waals surface area contributed by atoms with E-state index in [0.29, 0.717) is 5.70 Å². The van der Waals surface area contributed by atoms with Crippen LogP contribution in [0.2, 0.25) is 0 Å². The van der Waals surface area contributed by atoms with E-state index in [2.05, 4.69) is 6.07 Å². The number of nitriles is 2. The van der Waals surface area contributed by atoms with Crippen LogP contribution >= 0.6 is 9.90 Å². The monoisotopic (exact) mass is 196 g/mol. The highest BCUT2D eigenvalue weighted by molar-refractivity contribution is 6.92. The molecule has 13 heavy (non-hydrogen) atoms. The first-order valence-electron chi connectivity index (χ1n) is 3.74. The van der Waals surface area contributed by atoms with Gasteiger partial charge in [-0.3, -0.25) is 0 Å². The average molecular weight is 196 g/mol. The summed E-state index contributed by atoms with van der Waals surface area (Å²) in [5.41, 5.74) is 0.545. The highest BCUT2D eigenvalue weighted by atomic mass is 31.0. The SMILES string of the molecule is CCN1C=C(C#N)N(C)C1C#N.P. The summed E-state index contributed by atoms with van der Waals surface area (Å²) in [4.78, 5) is 3.50. The van der Waals surface area contributed by atoms with Crippen LogP contribution in [0.1, 0.15) is 6.92 Å². The van der Waals surface area contributed by atoms with Gasteiger partial charge in [-0.15, -0.1) is 0 Å². The Morgan fingerprint density at radius 1 is 1.54 bits per heavy atom. The molecule has 0 aromatic rings. The first-order valence-corrected chi connectivity index (χ1v) is 3.74. The molecule has 0 spiro atoms. The average Bonchev–Trinajstić information content (AvgIpc) is 2.41. The lowest BCUT2D eigenvalue weighted by Crippen LogP contribution is -2.35. The van der Waals surface area contributed by atoms with E-state index in [-0.39, 0.29) is 16.1 Å². The van der Waals surface area contributed by atoms with E-state index in [0.717, 1.165) is 6.54 Å². The van der Waals surface area contributed by atoms with Crippen molar-refractivity contribution in [1.29, 1.82) is 10.5 Å². The first kappa shape index (κ1) is 11.8. The lowest BCUT2D eigenvalue weighted by Gasteiger charge is -2.22. The Balaban J connectivity index is 0.00000144. The summed E-state index contributed by atoms with van der Waals surface area (Å²) in [6.07, 6.45) is 1.40. The van der Waals surface area contributed by atoms with Crippen LogP contribution in [0.4, 0.5) is 0 Å². The van der Waals surface area contributed by atoms with Crippen LogP contribution in [0.3, 0.4) is 0 Å². The zero-order valence-corrected chi connectivity index (χ0v) is 9.27. The number of hydrogen-bond acceptors (Lipinski definition) is 4. The van der Waals surface area contributed by atoms with Crippen LogP contribution < -0.4 is 0 Å². The molecule has 0 aromatic carbocycles. The minimum Gasteiger partial charge on any atom is -0.343 e.